The van der Waals surface area contributed by atoms with Crippen LogP contribution in [0.25, 0.3) is 0 Å². The van der Waals surface area contributed by atoms with E-state index in [0.29, 0.717) is 0 Å². The highest BCUT2D eigenvalue weighted by Crippen LogP contribution is 2.18. The average molecular weight is 239 g/mol. The Morgan fingerprint density at radius 1 is 1.62 bits per heavy atom. The van der Waals surface area contributed by atoms with Gasteiger partial charge in [0.15, 0.2) is 0 Å². The molecule has 0 aliphatic carbocycles. The van der Waals surface area contributed by atoms with Crippen LogP contribution >= 0.6 is 11.8 Å². The molecule has 0 radical (unpaired) electrons. The molecular formula is C10H17N5S. The number of hydrogen-bond donors (Lipinski definition) is 2. The second kappa shape index (κ2) is 5.87. The summed E-state index contributed by atoms with van der Waals surface area (Å²) in [6.45, 7) is 6.59. The van der Waals surface area contributed by atoms with Gasteiger partial charge in [-0.3, -0.25) is 10.4 Å². The average Bonchev–Trinajstić information content (AvgIpc) is 2.65. The van der Waals surface area contributed by atoms with Crippen LogP contribution in [0.1, 0.15) is 26.1 Å². The van der Waals surface area contributed by atoms with Crippen LogP contribution in [0.4, 0.5) is 0 Å². The van der Waals surface area contributed by atoms with Crippen LogP contribution in [0.2, 0.25) is 0 Å². The molecule has 0 aliphatic rings. The lowest BCUT2D eigenvalue weighted by molar-refractivity contribution is 0.450. The minimum atomic E-state index is -0.451. The largest absolute Gasteiger partial charge is 0.300 e. The second-order valence-electron chi connectivity index (χ2n) is 3.78. The number of nitrogens with zero attached hydrogens (tertiary/aromatic N) is 3. The van der Waals surface area contributed by atoms with Crippen molar-refractivity contribution >= 4 is 11.8 Å². The third-order valence-corrected chi connectivity index (χ3v) is 3.07. The summed E-state index contributed by atoms with van der Waals surface area (Å²) < 4.78 is 0. The van der Waals surface area contributed by atoms with Gasteiger partial charge < -0.3 is 0 Å². The number of nitrogens with one attached hydrogen (secondary N) is 2. The lowest BCUT2D eigenvalue weighted by Gasteiger charge is -2.21. The van der Waals surface area contributed by atoms with Gasteiger partial charge in [-0.2, -0.15) is 5.26 Å². The third-order valence-electron chi connectivity index (χ3n) is 2.22. The van der Waals surface area contributed by atoms with Crippen molar-refractivity contribution in [3.05, 3.63) is 5.82 Å². The van der Waals surface area contributed by atoms with Crippen molar-refractivity contribution in [1.29, 1.82) is 5.26 Å². The van der Waals surface area contributed by atoms with Crippen molar-refractivity contribution in [3.8, 4) is 6.07 Å². The number of thioether (sulfide) groups is 1. The van der Waals surface area contributed by atoms with Gasteiger partial charge in [-0.1, -0.05) is 18.7 Å². The van der Waals surface area contributed by atoms with E-state index in [-0.39, 0.29) is 0 Å². The molecular weight excluding hydrogens is 222 g/mol. The molecule has 1 atom stereocenters. The fourth-order valence-electron chi connectivity index (χ4n) is 1.31. The van der Waals surface area contributed by atoms with Gasteiger partial charge in [0.2, 0.25) is 5.16 Å². The molecule has 0 saturated heterocycles. The fraction of sp³-hybridized carbons (Fsp3) is 0.700. The summed E-state index contributed by atoms with van der Waals surface area (Å²) in [5.41, 5.74) is -0.451. The molecule has 5 nitrogen and oxygen atoms in total. The van der Waals surface area contributed by atoms with Gasteiger partial charge in [-0.15, -0.1) is 5.10 Å². The predicted molar refractivity (Wildman–Crippen MR) is 64.2 cm³/mol. The molecule has 0 bridgehead atoms. The summed E-state index contributed by atoms with van der Waals surface area (Å²) in [4.78, 5) is 4.20. The van der Waals surface area contributed by atoms with E-state index in [1.54, 1.807) is 11.8 Å². The number of aromatic nitrogens is 3. The molecule has 0 fully saturated rings. The smallest absolute Gasteiger partial charge is 0.208 e. The summed E-state index contributed by atoms with van der Waals surface area (Å²) in [5.74, 6) is 1.64. The maximum atomic E-state index is 9.06. The zero-order chi connectivity index (χ0) is 12.0. The highest BCUT2D eigenvalue weighted by Gasteiger charge is 2.21. The van der Waals surface area contributed by atoms with Crippen molar-refractivity contribution in [2.24, 2.45) is 0 Å². The Morgan fingerprint density at radius 3 is 2.88 bits per heavy atom. The van der Waals surface area contributed by atoms with Gasteiger partial charge in [0.1, 0.15) is 11.4 Å². The van der Waals surface area contributed by atoms with Gasteiger partial charge in [0.25, 0.3) is 0 Å². The molecule has 6 heteroatoms. The van der Waals surface area contributed by atoms with Gasteiger partial charge >= 0.3 is 0 Å². The van der Waals surface area contributed by atoms with E-state index in [4.69, 9.17) is 5.26 Å². The first-order valence-corrected chi connectivity index (χ1v) is 6.26. The molecule has 1 heterocycles. The van der Waals surface area contributed by atoms with Crippen LogP contribution in [0.15, 0.2) is 5.16 Å². The van der Waals surface area contributed by atoms with E-state index in [1.165, 1.54) is 0 Å². The van der Waals surface area contributed by atoms with E-state index in [2.05, 4.69) is 26.6 Å². The second-order valence-corrected chi connectivity index (χ2v) is 4.84. The SMILES string of the molecule is CCNC(C)(C#N)CCSc1n[nH]c(C)n1. The minimum absolute atomic E-state index is 0.451. The van der Waals surface area contributed by atoms with Crippen molar-refractivity contribution in [2.75, 3.05) is 12.3 Å². The van der Waals surface area contributed by atoms with E-state index in [1.807, 2.05) is 20.8 Å². The van der Waals surface area contributed by atoms with Crippen LogP contribution < -0.4 is 5.32 Å². The lowest BCUT2D eigenvalue weighted by atomic mass is 10.0. The number of nitriles is 1. The molecule has 1 unspecified atom stereocenters. The third kappa shape index (κ3) is 3.83. The molecule has 88 valence electrons. The molecule has 16 heavy (non-hydrogen) atoms. The monoisotopic (exact) mass is 239 g/mol. The molecule has 2 N–H and O–H groups in total. The Morgan fingerprint density at radius 2 is 2.38 bits per heavy atom. The first-order chi connectivity index (χ1) is 7.59. The molecule has 0 aliphatic heterocycles. The number of aryl methyl sites for hydroxylation is 1. The Labute approximate surface area is 100 Å². The van der Waals surface area contributed by atoms with Crippen LogP contribution in [0.3, 0.4) is 0 Å². The molecule has 0 spiro atoms. The Bertz CT molecular complexity index is 370. The maximum absolute atomic E-state index is 9.06. The van der Waals surface area contributed by atoms with Gasteiger partial charge in [-0.05, 0) is 26.8 Å². The fourth-order valence-corrected chi connectivity index (χ4v) is 2.31. The quantitative estimate of drug-likeness (QED) is 0.735. The molecule has 0 saturated carbocycles. The first kappa shape index (κ1) is 13.0. The Kier molecular flexibility index (Phi) is 4.77. The summed E-state index contributed by atoms with van der Waals surface area (Å²) in [6, 6.07) is 2.30. The van der Waals surface area contributed by atoms with Crippen LogP contribution in [0.5, 0.6) is 0 Å². The Hall–Kier alpha value is -1.06. The predicted octanol–water partition coefficient (Wildman–Crippen LogP) is 1.49. The summed E-state index contributed by atoms with van der Waals surface area (Å²) in [6.07, 6.45) is 0.773. The van der Waals surface area contributed by atoms with Crippen LogP contribution in [-0.2, 0) is 0 Å². The van der Waals surface area contributed by atoms with Gasteiger partial charge in [0.05, 0.1) is 6.07 Å². The van der Waals surface area contributed by atoms with Crippen LogP contribution in [-0.4, -0.2) is 33.0 Å². The minimum Gasteiger partial charge on any atom is -0.300 e. The van der Waals surface area contributed by atoms with Crippen molar-refractivity contribution < 1.29 is 0 Å². The van der Waals surface area contributed by atoms with E-state index in [9.17, 15) is 0 Å². The van der Waals surface area contributed by atoms with Crippen molar-refractivity contribution in [2.45, 2.75) is 37.9 Å². The van der Waals surface area contributed by atoms with Gasteiger partial charge in [-0.25, -0.2) is 4.98 Å². The number of H-pyrrole nitrogens is 1. The highest BCUT2D eigenvalue weighted by atomic mass is 32.2. The van der Waals surface area contributed by atoms with E-state index in [0.717, 1.165) is 29.7 Å². The Balaban J connectivity index is 2.37. The summed E-state index contributed by atoms with van der Waals surface area (Å²) in [5, 5.41) is 19.8. The number of rotatable bonds is 6. The topological polar surface area (TPSA) is 77.4 Å². The van der Waals surface area contributed by atoms with Crippen molar-refractivity contribution in [3.63, 3.8) is 0 Å². The molecule has 1 aromatic rings. The van der Waals surface area contributed by atoms with Crippen molar-refractivity contribution in [1.82, 2.24) is 20.5 Å². The van der Waals surface area contributed by atoms with Crippen LogP contribution in [0, 0.1) is 18.3 Å². The van der Waals surface area contributed by atoms with E-state index < -0.39 is 5.54 Å². The number of aromatic amines is 1. The zero-order valence-corrected chi connectivity index (χ0v) is 10.7. The van der Waals surface area contributed by atoms with E-state index >= 15 is 0 Å². The molecule has 0 aromatic carbocycles. The lowest BCUT2D eigenvalue weighted by Crippen LogP contribution is -2.41. The zero-order valence-electron chi connectivity index (χ0n) is 9.87. The van der Waals surface area contributed by atoms with Gasteiger partial charge in [0, 0.05) is 5.75 Å². The first-order valence-electron chi connectivity index (χ1n) is 5.28. The number of hydrogen-bond acceptors (Lipinski definition) is 5. The molecule has 0 amide bonds. The standard InChI is InChI=1S/C10H17N5S/c1-4-12-10(3,7-11)5-6-16-9-13-8(2)14-15-9/h12H,4-6H2,1-3H3,(H,13,14,15). The summed E-state index contributed by atoms with van der Waals surface area (Å²) in [7, 11) is 0. The summed E-state index contributed by atoms with van der Waals surface area (Å²) >= 11 is 1.56. The maximum Gasteiger partial charge on any atom is 0.208 e. The highest BCUT2D eigenvalue weighted by molar-refractivity contribution is 7.99. The normalized spacial score (nSPS) is 14.4. The molecule has 1 rings (SSSR count). The molecule has 1 aromatic heterocycles.